The molecule has 8 heteroatoms. The molecule has 0 fully saturated rings. The van der Waals surface area contributed by atoms with E-state index in [4.69, 9.17) is 14.2 Å². The zero-order valence-electron chi connectivity index (χ0n) is 22.2. The molecular weight excluding hydrogens is 494 g/mol. The summed E-state index contributed by atoms with van der Waals surface area (Å²) in [5, 5.41) is 2.97. The summed E-state index contributed by atoms with van der Waals surface area (Å²) in [7, 11) is 4.65. The van der Waals surface area contributed by atoms with E-state index in [1.165, 1.54) is 7.11 Å². The fourth-order valence-corrected chi connectivity index (χ4v) is 4.26. The maximum atomic E-state index is 14.0. The number of hydrogen-bond donors (Lipinski definition) is 1. The molecule has 1 heterocycles. The van der Waals surface area contributed by atoms with Crippen LogP contribution in [0.3, 0.4) is 0 Å². The van der Waals surface area contributed by atoms with E-state index in [1.807, 2.05) is 36.4 Å². The third-order valence-electron chi connectivity index (χ3n) is 6.24. The number of rotatable bonds is 11. The molecule has 1 unspecified atom stereocenters. The summed E-state index contributed by atoms with van der Waals surface area (Å²) >= 11 is 0. The Kier molecular flexibility index (Phi) is 9.13. The Labute approximate surface area is 228 Å². The van der Waals surface area contributed by atoms with Gasteiger partial charge in [-0.2, -0.15) is 0 Å². The average Bonchev–Trinajstić information content (AvgIpc) is 2.98. The zero-order valence-corrected chi connectivity index (χ0v) is 22.2. The van der Waals surface area contributed by atoms with Crippen LogP contribution in [0.1, 0.15) is 22.7 Å². The third kappa shape index (κ3) is 6.93. The van der Waals surface area contributed by atoms with Crippen LogP contribution in [0.15, 0.2) is 97.3 Å². The second-order valence-electron chi connectivity index (χ2n) is 8.78. The van der Waals surface area contributed by atoms with Gasteiger partial charge in [-0.3, -0.25) is 14.6 Å². The summed E-state index contributed by atoms with van der Waals surface area (Å²) in [4.78, 5) is 33.7. The Hall–Kier alpha value is -4.85. The molecule has 0 aliphatic carbocycles. The molecule has 0 spiro atoms. The lowest BCUT2D eigenvalue weighted by atomic mass is 10.0. The van der Waals surface area contributed by atoms with Gasteiger partial charge in [0.15, 0.2) is 11.5 Å². The molecule has 1 atom stereocenters. The van der Waals surface area contributed by atoms with Gasteiger partial charge in [-0.15, -0.1) is 0 Å². The minimum atomic E-state index is -0.983. The van der Waals surface area contributed by atoms with Gasteiger partial charge in [-0.1, -0.05) is 42.5 Å². The third-order valence-corrected chi connectivity index (χ3v) is 6.24. The van der Waals surface area contributed by atoms with Gasteiger partial charge in [-0.25, -0.2) is 0 Å². The Bertz CT molecular complexity index is 1380. The predicted octanol–water partition coefficient (Wildman–Crippen LogP) is 5.06. The second kappa shape index (κ2) is 13.1. The van der Waals surface area contributed by atoms with E-state index in [1.54, 1.807) is 80.0 Å². The standard InChI is InChI=1S/C31H31N3O5/c1-37-26-14-12-25(13-15-26)33-31(36)30(24-11-16-27(38-2)28(19-24)39-3)34(21-23-10-7-17-32-20-23)29(35)18-22-8-5-4-6-9-22/h4-17,19-20,30H,18,21H2,1-3H3,(H,33,36). The summed E-state index contributed by atoms with van der Waals surface area (Å²) in [6.45, 7) is 0.175. The molecule has 4 rings (SSSR count). The lowest BCUT2D eigenvalue weighted by Gasteiger charge is -2.32. The highest BCUT2D eigenvalue weighted by Crippen LogP contribution is 2.34. The molecule has 200 valence electrons. The van der Waals surface area contributed by atoms with Crippen LogP contribution in [0.2, 0.25) is 0 Å². The monoisotopic (exact) mass is 525 g/mol. The normalized spacial score (nSPS) is 11.3. The number of nitrogens with one attached hydrogen (secondary N) is 1. The van der Waals surface area contributed by atoms with E-state index >= 15 is 0 Å². The number of amides is 2. The van der Waals surface area contributed by atoms with Crippen molar-refractivity contribution in [2.24, 2.45) is 0 Å². The Morgan fingerprint density at radius 2 is 1.54 bits per heavy atom. The molecule has 0 aliphatic rings. The number of aromatic nitrogens is 1. The van der Waals surface area contributed by atoms with Crippen molar-refractivity contribution in [1.29, 1.82) is 0 Å². The molecule has 0 bridgehead atoms. The molecular formula is C31H31N3O5. The van der Waals surface area contributed by atoms with E-state index in [9.17, 15) is 9.59 Å². The lowest BCUT2D eigenvalue weighted by molar-refractivity contribution is -0.139. The molecule has 0 saturated heterocycles. The van der Waals surface area contributed by atoms with Crippen molar-refractivity contribution < 1.29 is 23.8 Å². The van der Waals surface area contributed by atoms with Crippen molar-refractivity contribution in [2.45, 2.75) is 19.0 Å². The van der Waals surface area contributed by atoms with Gasteiger partial charge in [-0.05, 0) is 59.2 Å². The first kappa shape index (κ1) is 27.2. The topological polar surface area (TPSA) is 90.0 Å². The number of nitrogens with zero attached hydrogens (tertiary/aromatic N) is 2. The highest BCUT2D eigenvalue weighted by Gasteiger charge is 2.32. The molecule has 8 nitrogen and oxygen atoms in total. The van der Waals surface area contributed by atoms with Crippen LogP contribution in [-0.4, -0.2) is 43.0 Å². The van der Waals surface area contributed by atoms with Gasteiger partial charge in [0.1, 0.15) is 11.8 Å². The number of benzene rings is 3. The van der Waals surface area contributed by atoms with Gasteiger partial charge in [0.25, 0.3) is 5.91 Å². The van der Waals surface area contributed by atoms with Crippen molar-refractivity contribution >= 4 is 17.5 Å². The number of carbonyl (C=O) groups is 2. The fourth-order valence-electron chi connectivity index (χ4n) is 4.26. The molecule has 0 aliphatic heterocycles. The smallest absolute Gasteiger partial charge is 0.251 e. The first-order valence-corrected chi connectivity index (χ1v) is 12.4. The largest absolute Gasteiger partial charge is 0.497 e. The number of hydrogen-bond acceptors (Lipinski definition) is 6. The minimum absolute atomic E-state index is 0.126. The maximum absolute atomic E-state index is 14.0. The fraction of sp³-hybridized carbons (Fsp3) is 0.194. The van der Waals surface area contributed by atoms with E-state index < -0.39 is 6.04 Å². The average molecular weight is 526 g/mol. The second-order valence-corrected chi connectivity index (χ2v) is 8.78. The summed E-state index contributed by atoms with van der Waals surface area (Å²) in [6, 6.07) is 24.4. The molecule has 0 radical (unpaired) electrons. The summed E-state index contributed by atoms with van der Waals surface area (Å²) < 4.78 is 16.2. The van der Waals surface area contributed by atoms with Crippen LogP contribution < -0.4 is 19.5 Å². The van der Waals surface area contributed by atoms with Crippen LogP contribution in [-0.2, 0) is 22.6 Å². The number of carbonyl (C=O) groups excluding carboxylic acids is 2. The molecule has 3 aromatic carbocycles. The number of anilines is 1. The quantitative estimate of drug-likeness (QED) is 0.295. The number of ether oxygens (including phenoxy) is 3. The van der Waals surface area contributed by atoms with Gasteiger partial charge >= 0.3 is 0 Å². The van der Waals surface area contributed by atoms with E-state index in [-0.39, 0.29) is 24.8 Å². The predicted molar refractivity (Wildman–Crippen MR) is 149 cm³/mol. The summed E-state index contributed by atoms with van der Waals surface area (Å²) in [5.41, 5.74) is 2.79. The SMILES string of the molecule is COc1ccc(NC(=O)C(c2ccc(OC)c(OC)c2)N(Cc2cccnc2)C(=O)Cc2ccccc2)cc1. The highest BCUT2D eigenvalue weighted by atomic mass is 16.5. The van der Waals surface area contributed by atoms with Crippen molar-refractivity contribution in [3.8, 4) is 17.2 Å². The molecule has 2 amide bonds. The Balaban J connectivity index is 1.77. The van der Waals surface area contributed by atoms with Crippen LogP contribution in [0.5, 0.6) is 17.2 Å². The van der Waals surface area contributed by atoms with Gasteiger partial charge < -0.3 is 24.4 Å². The Morgan fingerprint density at radius 1 is 0.821 bits per heavy atom. The minimum Gasteiger partial charge on any atom is -0.497 e. The van der Waals surface area contributed by atoms with E-state index in [2.05, 4.69) is 10.3 Å². The Morgan fingerprint density at radius 3 is 2.18 bits per heavy atom. The van der Waals surface area contributed by atoms with Gasteiger partial charge in [0, 0.05) is 24.6 Å². The molecule has 39 heavy (non-hydrogen) atoms. The molecule has 0 saturated carbocycles. The van der Waals surface area contributed by atoms with Crippen molar-refractivity contribution in [1.82, 2.24) is 9.88 Å². The van der Waals surface area contributed by atoms with Crippen LogP contribution >= 0.6 is 0 Å². The lowest BCUT2D eigenvalue weighted by Crippen LogP contribution is -2.41. The molecule has 1 N–H and O–H groups in total. The number of methoxy groups -OCH3 is 3. The first-order valence-electron chi connectivity index (χ1n) is 12.4. The van der Waals surface area contributed by atoms with E-state index in [0.717, 1.165) is 11.1 Å². The van der Waals surface area contributed by atoms with E-state index in [0.29, 0.717) is 28.5 Å². The highest BCUT2D eigenvalue weighted by molar-refractivity contribution is 5.98. The first-order chi connectivity index (χ1) is 19.0. The molecule has 4 aromatic rings. The number of pyridine rings is 1. The van der Waals surface area contributed by atoms with Crippen molar-refractivity contribution in [2.75, 3.05) is 26.6 Å². The van der Waals surface area contributed by atoms with Gasteiger partial charge in [0.2, 0.25) is 5.91 Å². The molecule has 1 aromatic heterocycles. The summed E-state index contributed by atoms with van der Waals surface area (Å²) in [6.07, 6.45) is 3.48. The van der Waals surface area contributed by atoms with Gasteiger partial charge in [0.05, 0.1) is 27.8 Å². The van der Waals surface area contributed by atoms with Crippen molar-refractivity contribution in [3.63, 3.8) is 0 Å². The van der Waals surface area contributed by atoms with Crippen molar-refractivity contribution in [3.05, 3.63) is 114 Å². The van der Waals surface area contributed by atoms with Crippen LogP contribution in [0, 0.1) is 0 Å². The maximum Gasteiger partial charge on any atom is 0.251 e. The van der Waals surface area contributed by atoms with Crippen LogP contribution in [0.4, 0.5) is 5.69 Å². The zero-order chi connectivity index (χ0) is 27.6. The van der Waals surface area contributed by atoms with Crippen LogP contribution in [0.25, 0.3) is 0 Å². The summed E-state index contributed by atoms with van der Waals surface area (Å²) in [5.74, 6) is 1.05.